The van der Waals surface area contributed by atoms with Crippen LogP contribution in [0.4, 0.5) is 0 Å². The van der Waals surface area contributed by atoms with Crippen LogP contribution in [0.3, 0.4) is 0 Å². The molecule has 3 rings (SSSR count). The van der Waals surface area contributed by atoms with Crippen LogP contribution >= 0.6 is 0 Å². The zero-order valence-electron chi connectivity index (χ0n) is 8.97. The van der Waals surface area contributed by atoms with Gasteiger partial charge in [-0.25, -0.2) is 0 Å². The molecule has 0 unspecified atom stereocenters. The van der Waals surface area contributed by atoms with Gasteiger partial charge in [-0.15, -0.1) is 0 Å². The minimum absolute atomic E-state index is 0.794. The minimum Gasteiger partial charge on any atom is -0.495 e. The van der Waals surface area contributed by atoms with Gasteiger partial charge < -0.3 is 4.74 Å². The SMILES string of the molecule is COc1cnc2c(ccc3ccccc32)c1. The second-order valence-electron chi connectivity index (χ2n) is 3.73. The predicted octanol–water partition coefficient (Wildman–Crippen LogP) is 3.40. The molecule has 16 heavy (non-hydrogen) atoms. The Bertz CT molecular complexity index is 661. The van der Waals surface area contributed by atoms with Gasteiger partial charge in [-0.3, -0.25) is 4.98 Å². The fourth-order valence-corrected chi connectivity index (χ4v) is 1.96. The zero-order chi connectivity index (χ0) is 11.0. The third-order valence-corrected chi connectivity index (χ3v) is 2.79. The van der Waals surface area contributed by atoms with Gasteiger partial charge in [-0.2, -0.15) is 0 Å². The highest BCUT2D eigenvalue weighted by molar-refractivity contribution is 6.05. The van der Waals surface area contributed by atoms with Crippen molar-refractivity contribution >= 4 is 21.7 Å². The molecule has 1 aromatic heterocycles. The summed E-state index contributed by atoms with van der Waals surface area (Å²) in [4.78, 5) is 4.46. The lowest BCUT2D eigenvalue weighted by molar-refractivity contribution is 0.414. The molecule has 3 aromatic rings. The molecule has 2 heteroatoms. The molecular formula is C14H11NO. The lowest BCUT2D eigenvalue weighted by atomic mass is 10.1. The molecule has 0 aliphatic carbocycles. The summed E-state index contributed by atoms with van der Waals surface area (Å²) >= 11 is 0. The van der Waals surface area contributed by atoms with Crippen LogP contribution in [0.25, 0.3) is 21.7 Å². The fourth-order valence-electron chi connectivity index (χ4n) is 1.96. The highest BCUT2D eigenvalue weighted by Gasteiger charge is 2.02. The molecule has 0 radical (unpaired) electrons. The molecule has 0 fully saturated rings. The molecule has 0 aliphatic rings. The first-order chi connectivity index (χ1) is 7.88. The molecule has 0 saturated carbocycles. The Balaban J connectivity index is 2.43. The van der Waals surface area contributed by atoms with Crippen LogP contribution in [0.1, 0.15) is 0 Å². The second-order valence-corrected chi connectivity index (χ2v) is 3.73. The topological polar surface area (TPSA) is 22.1 Å². The maximum atomic E-state index is 5.17. The molecule has 0 atom stereocenters. The van der Waals surface area contributed by atoms with E-state index in [0.717, 1.165) is 16.7 Å². The molecule has 0 bridgehead atoms. The highest BCUT2D eigenvalue weighted by atomic mass is 16.5. The van der Waals surface area contributed by atoms with Crippen molar-refractivity contribution in [3.05, 3.63) is 48.7 Å². The van der Waals surface area contributed by atoms with Crippen molar-refractivity contribution in [3.8, 4) is 5.75 Å². The van der Waals surface area contributed by atoms with Gasteiger partial charge in [0.05, 0.1) is 18.8 Å². The standard InChI is InChI=1S/C14H11NO/c1-16-12-8-11-7-6-10-4-2-3-5-13(10)14(11)15-9-12/h2-9H,1H3. The quantitative estimate of drug-likeness (QED) is 0.573. The number of fused-ring (bicyclic) bond motifs is 3. The first-order valence-electron chi connectivity index (χ1n) is 5.20. The zero-order valence-corrected chi connectivity index (χ0v) is 8.97. The molecule has 78 valence electrons. The van der Waals surface area contributed by atoms with Crippen LogP contribution in [0, 0.1) is 0 Å². The number of nitrogens with zero attached hydrogens (tertiary/aromatic N) is 1. The van der Waals surface area contributed by atoms with Gasteiger partial charge in [0.1, 0.15) is 5.75 Å². The summed E-state index contributed by atoms with van der Waals surface area (Å²) in [5, 5.41) is 3.51. The van der Waals surface area contributed by atoms with Gasteiger partial charge in [0.15, 0.2) is 0 Å². The van der Waals surface area contributed by atoms with E-state index in [0.29, 0.717) is 0 Å². The molecule has 0 aliphatic heterocycles. The number of benzene rings is 2. The Morgan fingerprint density at radius 2 is 1.81 bits per heavy atom. The smallest absolute Gasteiger partial charge is 0.137 e. The van der Waals surface area contributed by atoms with Gasteiger partial charge in [-0.1, -0.05) is 36.4 Å². The molecule has 0 N–H and O–H groups in total. The van der Waals surface area contributed by atoms with E-state index in [1.54, 1.807) is 13.3 Å². The van der Waals surface area contributed by atoms with Gasteiger partial charge >= 0.3 is 0 Å². The van der Waals surface area contributed by atoms with Crippen molar-refractivity contribution < 1.29 is 4.74 Å². The lowest BCUT2D eigenvalue weighted by Gasteiger charge is -2.04. The monoisotopic (exact) mass is 209 g/mol. The van der Waals surface area contributed by atoms with E-state index in [4.69, 9.17) is 4.74 Å². The van der Waals surface area contributed by atoms with E-state index >= 15 is 0 Å². The average molecular weight is 209 g/mol. The largest absolute Gasteiger partial charge is 0.495 e. The maximum absolute atomic E-state index is 5.17. The van der Waals surface area contributed by atoms with Gasteiger partial charge in [0, 0.05) is 10.8 Å². The first kappa shape index (κ1) is 9.16. The normalized spacial score (nSPS) is 10.8. The summed E-state index contributed by atoms with van der Waals surface area (Å²) in [6.45, 7) is 0. The maximum Gasteiger partial charge on any atom is 0.137 e. The van der Waals surface area contributed by atoms with Crippen molar-refractivity contribution in [3.63, 3.8) is 0 Å². The Labute approximate surface area is 93.5 Å². The van der Waals surface area contributed by atoms with E-state index in [2.05, 4.69) is 29.2 Å². The van der Waals surface area contributed by atoms with Crippen LogP contribution in [-0.4, -0.2) is 12.1 Å². The van der Waals surface area contributed by atoms with E-state index < -0.39 is 0 Å². The summed E-state index contributed by atoms with van der Waals surface area (Å²) < 4.78 is 5.17. The Morgan fingerprint density at radius 3 is 2.69 bits per heavy atom. The molecule has 0 spiro atoms. The summed E-state index contributed by atoms with van der Waals surface area (Å²) in [6, 6.07) is 14.5. The van der Waals surface area contributed by atoms with Gasteiger partial charge in [-0.05, 0) is 11.5 Å². The van der Waals surface area contributed by atoms with Crippen LogP contribution in [-0.2, 0) is 0 Å². The van der Waals surface area contributed by atoms with E-state index in [1.807, 2.05) is 18.2 Å². The number of methoxy groups -OCH3 is 1. The average Bonchev–Trinajstić information content (AvgIpc) is 2.38. The highest BCUT2D eigenvalue weighted by Crippen LogP contribution is 2.25. The summed E-state index contributed by atoms with van der Waals surface area (Å²) in [5.74, 6) is 0.794. The third kappa shape index (κ3) is 1.31. The van der Waals surface area contributed by atoms with Crippen molar-refractivity contribution in [2.45, 2.75) is 0 Å². The number of ether oxygens (including phenoxy) is 1. The Hall–Kier alpha value is -2.09. The number of aromatic nitrogens is 1. The van der Waals surface area contributed by atoms with Crippen molar-refractivity contribution in [1.82, 2.24) is 4.98 Å². The van der Waals surface area contributed by atoms with Crippen LogP contribution in [0.5, 0.6) is 5.75 Å². The lowest BCUT2D eigenvalue weighted by Crippen LogP contribution is -1.86. The second kappa shape index (κ2) is 3.49. The third-order valence-electron chi connectivity index (χ3n) is 2.79. The summed E-state index contributed by atoms with van der Waals surface area (Å²) in [6.07, 6.45) is 1.76. The van der Waals surface area contributed by atoms with Crippen LogP contribution in [0.15, 0.2) is 48.7 Å². The fraction of sp³-hybridized carbons (Fsp3) is 0.0714. The van der Waals surface area contributed by atoms with Crippen molar-refractivity contribution in [1.29, 1.82) is 0 Å². The van der Waals surface area contributed by atoms with E-state index in [1.165, 1.54) is 10.8 Å². The summed E-state index contributed by atoms with van der Waals surface area (Å²) in [5.41, 5.74) is 1.03. The summed E-state index contributed by atoms with van der Waals surface area (Å²) in [7, 11) is 1.66. The Morgan fingerprint density at radius 1 is 1.00 bits per heavy atom. The minimum atomic E-state index is 0.794. The predicted molar refractivity (Wildman–Crippen MR) is 65.8 cm³/mol. The van der Waals surface area contributed by atoms with E-state index in [9.17, 15) is 0 Å². The number of hydrogen-bond acceptors (Lipinski definition) is 2. The van der Waals surface area contributed by atoms with Crippen molar-refractivity contribution in [2.75, 3.05) is 7.11 Å². The van der Waals surface area contributed by atoms with Crippen LogP contribution in [0.2, 0.25) is 0 Å². The van der Waals surface area contributed by atoms with Gasteiger partial charge in [0.25, 0.3) is 0 Å². The Kier molecular flexibility index (Phi) is 2.00. The number of rotatable bonds is 1. The van der Waals surface area contributed by atoms with Gasteiger partial charge in [0.2, 0.25) is 0 Å². The van der Waals surface area contributed by atoms with Crippen LogP contribution < -0.4 is 4.74 Å². The molecule has 2 aromatic carbocycles. The molecule has 0 saturated heterocycles. The molecule has 0 amide bonds. The van der Waals surface area contributed by atoms with Crippen molar-refractivity contribution in [2.24, 2.45) is 0 Å². The molecule has 1 heterocycles. The first-order valence-corrected chi connectivity index (χ1v) is 5.20. The number of hydrogen-bond donors (Lipinski definition) is 0. The molecule has 2 nitrogen and oxygen atoms in total. The molecular weight excluding hydrogens is 198 g/mol. The van der Waals surface area contributed by atoms with E-state index in [-0.39, 0.29) is 0 Å². The number of pyridine rings is 1.